The summed E-state index contributed by atoms with van der Waals surface area (Å²) in [6.07, 6.45) is -2.62. The molecule has 128 valence electrons. The summed E-state index contributed by atoms with van der Waals surface area (Å²) in [5.41, 5.74) is 0.566. The van der Waals surface area contributed by atoms with Crippen molar-refractivity contribution >= 4 is 5.91 Å². The summed E-state index contributed by atoms with van der Waals surface area (Å²) in [5, 5.41) is 0. The van der Waals surface area contributed by atoms with Crippen molar-refractivity contribution in [2.24, 2.45) is 0 Å². The van der Waals surface area contributed by atoms with Gasteiger partial charge in [0.15, 0.2) is 0 Å². The van der Waals surface area contributed by atoms with Crippen molar-refractivity contribution in [1.29, 1.82) is 0 Å². The fraction of sp³-hybridized carbons (Fsp3) is 0.353. The molecule has 1 aliphatic heterocycles. The van der Waals surface area contributed by atoms with Crippen LogP contribution in [0.1, 0.15) is 21.6 Å². The Labute approximate surface area is 137 Å². The van der Waals surface area contributed by atoms with E-state index in [0.29, 0.717) is 44.0 Å². The topological polar surface area (TPSA) is 39.3 Å². The lowest BCUT2D eigenvalue weighted by Gasteiger charge is -2.34. The van der Waals surface area contributed by atoms with Gasteiger partial charge in [-0.3, -0.25) is 9.69 Å². The number of benzene rings is 1. The number of hydrogen-bond acceptors (Lipinski definition) is 2. The first kappa shape index (κ1) is 16.6. The third-order valence-corrected chi connectivity index (χ3v) is 4.15. The summed E-state index contributed by atoms with van der Waals surface area (Å²) >= 11 is 0. The van der Waals surface area contributed by atoms with Gasteiger partial charge in [-0.15, -0.1) is 0 Å². The predicted molar refractivity (Wildman–Crippen MR) is 83.4 cm³/mol. The molecular formula is C17H18F3N3O. The van der Waals surface area contributed by atoms with Crippen molar-refractivity contribution in [1.82, 2.24) is 14.8 Å². The molecule has 0 atom stereocenters. The molecule has 0 bridgehead atoms. The molecule has 1 aliphatic rings. The van der Waals surface area contributed by atoms with Crippen LogP contribution in [0.5, 0.6) is 0 Å². The maximum absolute atomic E-state index is 12.8. The highest BCUT2D eigenvalue weighted by Gasteiger charge is 2.30. The first-order valence-electron chi connectivity index (χ1n) is 7.74. The number of carbonyl (C=O) groups is 1. The van der Waals surface area contributed by atoms with E-state index in [1.807, 2.05) is 0 Å². The predicted octanol–water partition coefficient (Wildman–Crippen LogP) is 2.99. The Hall–Kier alpha value is -2.28. The molecule has 0 spiro atoms. The monoisotopic (exact) mass is 337 g/mol. The fourth-order valence-electron chi connectivity index (χ4n) is 2.85. The van der Waals surface area contributed by atoms with Crippen molar-refractivity contribution in [2.75, 3.05) is 26.2 Å². The maximum Gasteiger partial charge on any atom is 0.416 e. The number of nitrogens with one attached hydrogen (secondary N) is 1. The second-order valence-electron chi connectivity index (χ2n) is 5.85. The number of piperazine rings is 1. The number of nitrogens with zero attached hydrogens (tertiary/aromatic N) is 2. The highest BCUT2D eigenvalue weighted by Crippen LogP contribution is 2.29. The number of carbonyl (C=O) groups excluding carboxylic acids is 1. The summed E-state index contributed by atoms with van der Waals surface area (Å²) in [4.78, 5) is 18.9. The molecule has 2 heterocycles. The third-order valence-electron chi connectivity index (χ3n) is 4.15. The van der Waals surface area contributed by atoms with Crippen molar-refractivity contribution in [2.45, 2.75) is 12.7 Å². The van der Waals surface area contributed by atoms with Gasteiger partial charge in [0.25, 0.3) is 5.91 Å². The fourth-order valence-corrected chi connectivity index (χ4v) is 2.85. The molecule has 0 saturated carbocycles. The number of H-pyrrole nitrogens is 1. The van der Waals surface area contributed by atoms with Gasteiger partial charge in [0.05, 0.1) is 5.56 Å². The van der Waals surface area contributed by atoms with E-state index < -0.39 is 11.7 Å². The van der Waals surface area contributed by atoms with Gasteiger partial charge in [0.1, 0.15) is 5.69 Å². The second kappa shape index (κ2) is 6.68. The largest absolute Gasteiger partial charge is 0.416 e. The van der Waals surface area contributed by atoms with E-state index >= 15 is 0 Å². The molecule has 24 heavy (non-hydrogen) atoms. The normalized spacial score (nSPS) is 16.4. The van der Waals surface area contributed by atoms with Crippen molar-refractivity contribution in [3.05, 3.63) is 59.4 Å². The van der Waals surface area contributed by atoms with Gasteiger partial charge in [-0.1, -0.05) is 18.2 Å². The quantitative estimate of drug-likeness (QED) is 0.935. The summed E-state index contributed by atoms with van der Waals surface area (Å²) < 4.78 is 38.3. The van der Waals surface area contributed by atoms with Crippen LogP contribution in [0.25, 0.3) is 0 Å². The number of aromatic nitrogens is 1. The summed E-state index contributed by atoms with van der Waals surface area (Å²) in [6.45, 7) is 2.87. The Morgan fingerprint density at radius 3 is 2.46 bits per heavy atom. The molecule has 3 rings (SSSR count). The van der Waals surface area contributed by atoms with E-state index in [4.69, 9.17) is 0 Å². The third kappa shape index (κ3) is 3.79. The standard InChI is InChI=1S/C17H18F3N3O/c18-17(19,20)14-4-1-3-13(11-14)12-22-7-9-23(10-8-22)16(24)15-5-2-6-21-15/h1-6,11,21H,7-10,12H2. The van der Waals surface area contributed by atoms with Gasteiger partial charge in [0, 0.05) is 38.9 Å². The van der Waals surface area contributed by atoms with Crippen LogP contribution >= 0.6 is 0 Å². The first-order chi connectivity index (χ1) is 11.4. The summed E-state index contributed by atoms with van der Waals surface area (Å²) in [5.74, 6) is -0.0429. The molecule has 0 unspecified atom stereocenters. The molecule has 1 fully saturated rings. The first-order valence-corrected chi connectivity index (χ1v) is 7.74. The van der Waals surface area contributed by atoms with Crippen LogP contribution in [0, 0.1) is 0 Å². The number of halogens is 3. The van der Waals surface area contributed by atoms with Crippen LogP contribution in [0.4, 0.5) is 13.2 Å². The van der Waals surface area contributed by atoms with E-state index in [2.05, 4.69) is 9.88 Å². The zero-order valence-electron chi connectivity index (χ0n) is 13.0. The molecular weight excluding hydrogens is 319 g/mol. The molecule has 2 aromatic rings. The van der Waals surface area contributed by atoms with Crippen molar-refractivity contribution < 1.29 is 18.0 Å². The minimum Gasteiger partial charge on any atom is -0.357 e. The molecule has 0 radical (unpaired) electrons. The number of amides is 1. The van der Waals surface area contributed by atoms with Gasteiger partial charge >= 0.3 is 6.18 Å². The van der Waals surface area contributed by atoms with Crippen LogP contribution in [0.3, 0.4) is 0 Å². The average molecular weight is 337 g/mol. The average Bonchev–Trinajstić information content (AvgIpc) is 3.09. The highest BCUT2D eigenvalue weighted by molar-refractivity contribution is 5.92. The second-order valence-corrected chi connectivity index (χ2v) is 5.85. The minimum absolute atomic E-state index is 0.0429. The van der Waals surface area contributed by atoms with E-state index in [1.165, 1.54) is 12.1 Å². The van der Waals surface area contributed by atoms with Gasteiger partial charge in [0.2, 0.25) is 0 Å². The lowest BCUT2D eigenvalue weighted by molar-refractivity contribution is -0.137. The number of alkyl halides is 3. The molecule has 0 aliphatic carbocycles. The van der Waals surface area contributed by atoms with Crippen molar-refractivity contribution in [3.8, 4) is 0 Å². The molecule has 1 aromatic heterocycles. The Kier molecular flexibility index (Phi) is 4.62. The van der Waals surface area contributed by atoms with Crippen molar-refractivity contribution in [3.63, 3.8) is 0 Å². The number of hydrogen-bond donors (Lipinski definition) is 1. The number of rotatable bonds is 3. The lowest BCUT2D eigenvalue weighted by atomic mass is 10.1. The SMILES string of the molecule is O=C(c1ccc[nH]1)N1CCN(Cc2cccc(C(F)(F)F)c2)CC1. The Morgan fingerprint density at radius 2 is 1.83 bits per heavy atom. The minimum atomic E-state index is -4.32. The van der Waals surface area contributed by atoms with Crippen LogP contribution < -0.4 is 0 Å². The zero-order chi connectivity index (χ0) is 17.2. The Morgan fingerprint density at radius 1 is 1.08 bits per heavy atom. The van der Waals surface area contributed by atoms with E-state index in [0.717, 1.165) is 6.07 Å². The zero-order valence-corrected chi connectivity index (χ0v) is 13.0. The summed E-state index contributed by atoms with van der Waals surface area (Å²) in [7, 11) is 0. The van der Waals surface area contributed by atoms with Gasteiger partial charge in [-0.05, 0) is 23.8 Å². The molecule has 1 N–H and O–H groups in total. The molecule has 7 heteroatoms. The van der Waals surface area contributed by atoms with Crippen LogP contribution in [-0.4, -0.2) is 46.9 Å². The molecule has 1 aromatic carbocycles. The van der Waals surface area contributed by atoms with E-state index in [9.17, 15) is 18.0 Å². The van der Waals surface area contributed by atoms with E-state index in [-0.39, 0.29) is 5.91 Å². The highest BCUT2D eigenvalue weighted by atomic mass is 19.4. The summed E-state index contributed by atoms with van der Waals surface area (Å²) in [6, 6.07) is 8.91. The van der Waals surface area contributed by atoms with Gasteiger partial charge in [-0.25, -0.2) is 0 Å². The van der Waals surface area contributed by atoms with Crippen LogP contribution in [0.2, 0.25) is 0 Å². The molecule has 1 saturated heterocycles. The van der Waals surface area contributed by atoms with Crippen LogP contribution in [-0.2, 0) is 12.7 Å². The Bertz CT molecular complexity index is 689. The molecule has 1 amide bonds. The van der Waals surface area contributed by atoms with E-state index in [1.54, 1.807) is 29.3 Å². The van der Waals surface area contributed by atoms with Crippen LogP contribution in [0.15, 0.2) is 42.6 Å². The van der Waals surface area contributed by atoms with Gasteiger partial charge in [-0.2, -0.15) is 13.2 Å². The van der Waals surface area contributed by atoms with Gasteiger partial charge < -0.3 is 9.88 Å². The number of aromatic amines is 1. The lowest BCUT2D eigenvalue weighted by Crippen LogP contribution is -2.48. The smallest absolute Gasteiger partial charge is 0.357 e. The Balaban J connectivity index is 1.57. The molecule has 4 nitrogen and oxygen atoms in total. The maximum atomic E-state index is 12.8.